The van der Waals surface area contributed by atoms with Gasteiger partial charge in [-0.2, -0.15) is 0 Å². The molecule has 0 aromatic carbocycles. The largest absolute Gasteiger partial charge is 0.355 e. The minimum atomic E-state index is 0.686. The highest BCUT2D eigenvalue weighted by molar-refractivity contribution is 5.50. The minimum Gasteiger partial charge on any atom is -0.355 e. The number of nitrogens with zero attached hydrogens (tertiary/aromatic N) is 5. The fraction of sp³-hybridized carbons (Fsp3) is 0.800. The molecule has 25 heavy (non-hydrogen) atoms. The van der Waals surface area contributed by atoms with Crippen molar-refractivity contribution in [2.45, 2.75) is 57.9 Å². The molecule has 1 unspecified atom stereocenters. The molecule has 5 heteroatoms. The molecule has 5 nitrogen and oxygen atoms in total. The maximum absolute atomic E-state index is 4.93. The van der Waals surface area contributed by atoms with Gasteiger partial charge in [0.25, 0.3) is 0 Å². The molecule has 3 aliphatic rings. The zero-order chi connectivity index (χ0) is 17.2. The Labute approximate surface area is 152 Å². The van der Waals surface area contributed by atoms with Crippen LogP contribution in [0.15, 0.2) is 0 Å². The Hall–Kier alpha value is -1.20. The second-order valence-electron chi connectivity index (χ2n) is 8.16. The molecule has 0 saturated carbocycles. The second kappa shape index (κ2) is 7.58. The van der Waals surface area contributed by atoms with E-state index >= 15 is 0 Å². The Morgan fingerprint density at radius 2 is 1.68 bits per heavy atom. The minimum absolute atomic E-state index is 0.686. The molecule has 0 amide bonds. The number of hydrogen-bond donors (Lipinski definition) is 0. The predicted octanol–water partition coefficient (Wildman–Crippen LogP) is 2.27. The van der Waals surface area contributed by atoms with E-state index in [1.165, 1.54) is 81.8 Å². The molecule has 1 atom stereocenters. The molecule has 1 aliphatic carbocycles. The number of likely N-dealkylation sites (N-methyl/N-ethyl adjacent to an activating group) is 1. The molecule has 0 radical (unpaired) electrons. The van der Waals surface area contributed by atoms with E-state index in [0.29, 0.717) is 6.04 Å². The lowest BCUT2D eigenvalue weighted by atomic mass is 9.96. The van der Waals surface area contributed by atoms with Crippen LogP contribution in [0, 0.1) is 6.92 Å². The van der Waals surface area contributed by atoms with Crippen LogP contribution in [0.25, 0.3) is 0 Å². The van der Waals surface area contributed by atoms with Gasteiger partial charge in [0.1, 0.15) is 11.6 Å². The molecule has 1 aromatic rings. The molecule has 2 fully saturated rings. The van der Waals surface area contributed by atoms with Gasteiger partial charge < -0.3 is 9.80 Å². The van der Waals surface area contributed by atoms with Gasteiger partial charge in [-0.15, -0.1) is 0 Å². The maximum Gasteiger partial charge on any atom is 0.135 e. The van der Waals surface area contributed by atoms with Gasteiger partial charge in [-0.1, -0.05) is 6.42 Å². The molecule has 0 bridgehead atoms. The highest BCUT2D eigenvalue weighted by Gasteiger charge is 2.29. The van der Waals surface area contributed by atoms with E-state index in [1.54, 1.807) is 0 Å². The average molecular weight is 344 g/mol. The normalized spacial score (nSPS) is 26.3. The Morgan fingerprint density at radius 3 is 2.52 bits per heavy atom. The van der Waals surface area contributed by atoms with Gasteiger partial charge in [-0.3, -0.25) is 4.90 Å². The molecular weight excluding hydrogens is 310 g/mol. The first-order chi connectivity index (χ1) is 12.2. The SMILES string of the molecule is Cc1nc2c(c(N3CCCCC(N4CCN(C)CC4)C3)n1)CCCC2. The first kappa shape index (κ1) is 17.2. The number of rotatable bonds is 2. The highest BCUT2D eigenvalue weighted by Crippen LogP contribution is 2.30. The molecule has 4 rings (SSSR count). The summed E-state index contributed by atoms with van der Waals surface area (Å²) in [7, 11) is 2.24. The van der Waals surface area contributed by atoms with Crippen molar-refractivity contribution in [2.75, 3.05) is 51.2 Å². The van der Waals surface area contributed by atoms with Gasteiger partial charge in [0.05, 0.1) is 0 Å². The summed E-state index contributed by atoms with van der Waals surface area (Å²) in [6.07, 6.45) is 8.87. The van der Waals surface area contributed by atoms with E-state index in [1.807, 2.05) is 0 Å². The van der Waals surface area contributed by atoms with Gasteiger partial charge in [0, 0.05) is 56.6 Å². The van der Waals surface area contributed by atoms with Gasteiger partial charge in [-0.05, 0) is 52.5 Å². The van der Waals surface area contributed by atoms with Crippen LogP contribution in [0.2, 0.25) is 0 Å². The summed E-state index contributed by atoms with van der Waals surface area (Å²) >= 11 is 0. The lowest BCUT2D eigenvalue weighted by Crippen LogP contribution is -2.52. The summed E-state index contributed by atoms with van der Waals surface area (Å²) < 4.78 is 0. The van der Waals surface area contributed by atoms with Crippen LogP contribution in [-0.4, -0.2) is 72.1 Å². The fourth-order valence-corrected chi connectivity index (χ4v) is 4.75. The van der Waals surface area contributed by atoms with Gasteiger partial charge in [-0.25, -0.2) is 9.97 Å². The number of hydrogen-bond acceptors (Lipinski definition) is 5. The second-order valence-corrected chi connectivity index (χ2v) is 8.16. The molecule has 2 saturated heterocycles. The summed E-state index contributed by atoms with van der Waals surface area (Å²) in [4.78, 5) is 17.5. The van der Waals surface area contributed by atoms with Gasteiger partial charge in [0.15, 0.2) is 0 Å². The molecule has 138 valence electrons. The van der Waals surface area contributed by atoms with Crippen LogP contribution in [-0.2, 0) is 12.8 Å². The summed E-state index contributed by atoms with van der Waals surface area (Å²) in [5.74, 6) is 2.22. The summed E-state index contributed by atoms with van der Waals surface area (Å²) in [6.45, 7) is 9.22. The summed E-state index contributed by atoms with van der Waals surface area (Å²) in [6, 6.07) is 0.686. The number of fused-ring (bicyclic) bond motifs is 1. The van der Waals surface area contributed by atoms with Crippen molar-refractivity contribution in [1.82, 2.24) is 19.8 Å². The van der Waals surface area contributed by atoms with Gasteiger partial charge in [0.2, 0.25) is 0 Å². The fourth-order valence-electron chi connectivity index (χ4n) is 4.75. The number of piperazine rings is 1. The monoisotopic (exact) mass is 343 g/mol. The lowest BCUT2D eigenvalue weighted by Gasteiger charge is -2.39. The number of anilines is 1. The standard InChI is InChI=1S/C20H33N5/c1-16-21-19-9-4-3-8-18(19)20(22-16)25-10-6-5-7-17(15-25)24-13-11-23(2)12-14-24/h17H,3-15H2,1-2H3. The van der Waals surface area contributed by atoms with E-state index < -0.39 is 0 Å². The van der Waals surface area contributed by atoms with Crippen molar-refractivity contribution in [1.29, 1.82) is 0 Å². The third-order valence-electron chi connectivity index (χ3n) is 6.27. The summed E-state index contributed by atoms with van der Waals surface area (Å²) in [5, 5.41) is 0. The Morgan fingerprint density at radius 1 is 0.880 bits per heavy atom. The van der Waals surface area contributed by atoms with E-state index in [0.717, 1.165) is 25.3 Å². The van der Waals surface area contributed by atoms with Crippen LogP contribution < -0.4 is 4.90 Å². The molecule has 2 aliphatic heterocycles. The molecular formula is C20H33N5. The van der Waals surface area contributed by atoms with Gasteiger partial charge >= 0.3 is 0 Å². The van der Waals surface area contributed by atoms with E-state index in [4.69, 9.17) is 9.97 Å². The van der Waals surface area contributed by atoms with E-state index in [-0.39, 0.29) is 0 Å². The van der Waals surface area contributed by atoms with E-state index in [2.05, 4.69) is 28.7 Å². The van der Waals surface area contributed by atoms with E-state index in [9.17, 15) is 0 Å². The van der Waals surface area contributed by atoms with Crippen molar-refractivity contribution in [3.63, 3.8) is 0 Å². The topological polar surface area (TPSA) is 35.5 Å². The van der Waals surface area contributed by atoms with Crippen LogP contribution in [0.5, 0.6) is 0 Å². The third-order valence-corrected chi connectivity index (χ3v) is 6.27. The Balaban J connectivity index is 1.56. The quantitative estimate of drug-likeness (QED) is 0.823. The molecule has 3 heterocycles. The third kappa shape index (κ3) is 3.82. The summed E-state index contributed by atoms with van der Waals surface area (Å²) in [5.41, 5.74) is 2.78. The first-order valence-electron chi connectivity index (χ1n) is 10.2. The van der Waals surface area contributed by atoms with Crippen molar-refractivity contribution in [3.05, 3.63) is 17.1 Å². The maximum atomic E-state index is 4.93. The van der Waals surface area contributed by atoms with Crippen LogP contribution in [0.1, 0.15) is 49.2 Å². The first-order valence-corrected chi connectivity index (χ1v) is 10.2. The lowest BCUT2D eigenvalue weighted by molar-refractivity contribution is 0.110. The smallest absolute Gasteiger partial charge is 0.135 e. The Bertz CT molecular complexity index is 594. The number of aryl methyl sites for hydroxylation is 2. The molecule has 0 N–H and O–H groups in total. The van der Waals surface area contributed by atoms with Crippen LogP contribution >= 0.6 is 0 Å². The zero-order valence-corrected chi connectivity index (χ0v) is 16.0. The highest BCUT2D eigenvalue weighted by atomic mass is 15.3. The average Bonchev–Trinajstić information content (AvgIpc) is 2.88. The Kier molecular flexibility index (Phi) is 5.23. The molecule has 1 aromatic heterocycles. The number of aromatic nitrogens is 2. The van der Waals surface area contributed by atoms with Crippen molar-refractivity contribution in [2.24, 2.45) is 0 Å². The zero-order valence-electron chi connectivity index (χ0n) is 16.0. The van der Waals surface area contributed by atoms with Crippen LogP contribution in [0.4, 0.5) is 5.82 Å². The van der Waals surface area contributed by atoms with Crippen molar-refractivity contribution < 1.29 is 0 Å². The van der Waals surface area contributed by atoms with Crippen molar-refractivity contribution >= 4 is 5.82 Å². The van der Waals surface area contributed by atoms with Crippen molar-refractivity contribution in [3.8, 4) is 0 Å². The molecule has 0 spiro atoms. The van der Waals surface area contributed by atoms with Crippen LogP contribution in [0.3, 0.4) is 0 Å². The predicted molar refractivity (Wildman–Crippen MR) is 102 cm³/mol.